The molecule has 0 saturated heterocycles. The Labute approximate surface area is 161 Å². The lowest BCUT2D eigenvalue weighted by atomic mass is 10.0. The van der Waals surface area contributed by atoms with Crippen molar-refractivity contribution in [3.63, 3.8) is 0 Å². The number of hydrogen-bond acceptors (Lipinski definition) is 2. The molecule has 0 spiro atoms. The predicted octanol–water partition coefficient (Wildman–Crippen LogP) is 4.96. The van der Waals surface area contributed by atoms with Crippen LogP contribution in [0.25, 0.3) is 21.8 Å². The maximum Gasteiger partial charge on any atom is 0.322 e. The number of rotatable bonds is 1. The first-order valence-electron chi connectivity index (χ1n) is 8.88. The zero-order valence-corrected chi connectivity index (χ0v) is 15.3. The molecule has 1 aliphatic heterocycles. The van der Waals surface area contributed by atoms with Crippen LogP contribution in [0.4, 0.5) is 10.5 Å². The fourth-order valence-electron chi connectivity index (χ4n) is 3.73. The lowest BCUT2D eigenvalue weighted by Crippen LogP contribution is -2.38. The Balaban J connectivity index is 1.49. The van der Waals surface area contributed by atoms with Crippen molar-refractivity contribution in [3.05, 3.63) is 71.0 Å². The number of pyridine rings is 1. The number of urea groups is 1. The van der Waals surface area contributed by atoms with Crippen LogP contribution in [-0.4, -0.2) is 27.4 Å². The van der Waals surface area contributed by atoms with Crippen molar-refractivity contribution in [2.75, 3.05) is 11.9 Å². The number of nitrogens with zero attached hydrogens (tertiary/aromatic N) is 2. The highest BCUT2D eigenvalue weighted by atomic mass is 35.5. The van der Waals surface area contributed by atoms with Crippen LogP contribution in [0.5, 0.6) is 0 Å². The van der Waals surface area contributed by atoms with Crippen molar-refractivity contribution in [2.45, 2.75) is 13.0 Å². The number of benzene rings is 2. The van der Waals surface area contributed by atoms with E-state index >= 15 is 0 Å². The molecule has 134 valence electrons. The molecule has 2 aromatic carbocycles. The maximum absolute atomic E-state index is 12.7. The van der Waals surface area contributed by atoms with Crippen molar-refractivity contribution in [3.8, 4) is 0 Å². The minimum Gasteiger partial charge on any atom is -0.357 e. The standard InChI is InChI=1S/C21H17ClN4O/c22-13-6-7-15-19(10-13)23-11-16-17-12-26(9-8-18(17)25-20(15)16)21(27)24-14-4-2-1-3-5-14/h1-7,10-11,25H,8-9,12H2,(H,24,27). The highest BCUT2D eigenvalue weighted by molar-refractivity contribution is 6.31. The molecule has 6 heteroatoms. The van der Waals surface area contributed by atoms with E-state index in [-0.39, 0.29) is 6.03 Å². The third-order valence-corrected chi connectivity index (χ3v) is 5.32. The van der Waals surface area contributed by atoms with E-state index in [0.29, 0.717) is 18.1 Å². The van der Waals surface area contributed by atoms with E-state index in [4.69, 9.17) is 11.6 Å². The summed E-state index contributed by atoms with van der Waals surface area (Å²) in [6, 6.07) is 15.2. The van der Waals surface area contributed by atoms with Crippen LogP contribution in [0.2, 0.25) is 5.02 Å². The predicted molar refractivity (Wildman–Crippen MR) is 108 cm³/mol. The van der Waals surface area contributed by atoms with E-state index in [2.05, 4.69) is 15.3 Å². The fraction of sp³-hybridized carbons (Fsp3) is 0.143. The number of carbonyl (C=O) groups excluding carboxylic acids is 1. The number of amides is 2. The van der Waals surface area contributed by atoms with Gasteiger partial charge in [-0.1, -0.05) is 29.8 Å². The van der Waals surface area contributed by atoms with Gasteiger partial charge < -0.3 is 15.2 Å². The molecule has 0 radical (unpaired) electrons. The van der Waals surface area contributed by atoms with E-state index in [9.17, 15) is 4.79 Å². The Hall–Kier alpha value is -3.05. The lowest BCUT2D eigenvalue weighted by Gasteiger charge is -2.27. The fourth-order valence-corrected chi connectivity index (χ4v) is 3.89. The van der Waals surface area contributed by atoms with Crippen molar-refractivity contribution < 1.29 is 4.79 Å². The normalized spacial score (nSPS) is 13.7. The number of hydrogen-bond donors (Lipinski definition) is 2. The number of aromatic nitrogens is 2. The van der Waals surface area contributed by atoms with Crippen LogP contribution in [0.15, 0.2) is 54.7 Å². The van der Waals surface area contributed by atoms with Gasteiger partial charge in [0.05, 0.1) is 11.0 Å². The molecule has 0 atom stereocenters. The smallest absolute Gasteiger partial charge is 0.322 e. The van der Waals surface area contributed by atoms with Gasteiger partial charge in [0.2, 0.25) is 0 Å². The zero-order valence-electron chi connectivity index (χ0n) is 14.5. The summed E-state index contributed by atoms with van der Waals surface area (Å²) in [5, 5.41) is 5.75. The molecule has 0 bridgehead atoms. The molecule has 0 unspecified atom stereocenters. The van der Waals surface area contributed by atoms with Crippen molar-refractivity contribution >= 4 is 45.1 Å². The van der Waals surface area contributed by atoms with Gasteiger partial charge in [0.1, 0.15) is 0 Å². The van der Waals surface area contributed by atoms with Gasteiger partial charge >= 0.3 is 6.03 Å². The number of carbonyl (C=O) groups is 1. The monoisotopic (exact) mass is 376 g/mol. The second-order valence-corrected chi connectivity index (χ2v) is 7.19. The van der Waals surface area contributed by atoms with E-state index < -0.39 is 0 Å². The van der Waals surface area contributed by atoms with Crippen LogP contribution in [0.3, 0.4) is 0 Å². The Morgan fingerprint density at radius 2 is 2.00 bits per heavy atom. The SMILES string of the molecule is O=C(Nc1ccccc1)N1CCc2[nH]c3c(cnc4cc(Cl)ccc43)c2C1. The number of aromatic amines is 1. The number of anilines is 1. The first-order valence-corrected chi connectivity index (χ1v) is 9.25. The maximum atomic E-state index is 12.7. The molecule has 5 rings (SSSR count). The average molecular weight is 377 g/mol. The van der Waals surface area contributed by atoms with Gasteiger partial charge in [0.25, 0.3) is 0 Å². The Morgan fingerprint density at radius 3 is 2.85 bits per heavy atom. The molecular weight excluding hydrogens is 360 g/mol. The number of H-pyrrole nitrogens is 1. The first-order chi connectivity index (χ1) is 13.2. The lowest BCUT2D eigenvalue weighted by molar-refractivity contribution is 0.206. The van der Waals surface area contributed by atoms with Crippen LogP contribution in [0, 0.1) is 0 Å². The minimum atomic E-state index is -0.0817. The van der Waals surface area contributed by atoms with Gasteiger partial charge in [-0.15, -0.1) is 0 Å². The zero-order chi connectivity index (χ0) is 18.4. The quantitative estimate of drug-likeness (QED) is 0.493. The van der Waals surface area contributed by atoms with Gasteiger partial charge in [-0.3, -0.25) is 4.98 Å². The molecule has 0 fully saturated rings. The number of halogens is 1. The Bertz CT molecular complexity index is 1170. The third-order valence-electron chi connectivity index (χ3n) is 5.09. The third kappa shape index (κ3) is 2.80. The largest absolute Gasteiger partial charge is 0.357 e. The number of fused-ring (bicyclic) bond motifs is 5. The summed E-state index contributed by atoms with van der Waals surface area (Å²) in [7, 11) is 0. The highest BCUT2D eigenvalue weighted by Gasteiger charge is 2.25. The number of para-hydroxylation sites is 1. The van der Waals surface area contributed by atoms with Gasteiger partial charge in [-0.2, -0.15) is 0 Å². The second kappa shape index (κ2) is 6.28. The van der Waals surface area contributed by atoms with Crippen molar-refractivity contribution in [1.29, 1.82) is 0 Å². The van der Waals surface area contributed by atoms with Crippen LogP contribution in [-0.2, 0) is 13.0 Å². The molecule has 2 aromatic heterocycles. The molecule has 27 heavy (non-hydrogen) atoms. The molecule has 2 N–H and O–H groups in total. The van der Waals surface area contributed by atoms with Crippen molar-refractivity contribution in [2.24, 2.45) is 0 Å². The Kier molecular flexibility index (Phi) is 3.76. The van der Waals surface area contributed by atoms with Gasteiger partial charge in [0.15, 0.2) is 0 Å². The summed E-state index contributed by atoms with van der Waals surface area (Å²) >= 11 is 6.09. The van der Waals surface area contributed by atoms with Gasteiger partial charge in [-0.25, -0.2) is 4.79 Å². The summed E-state index contributed by atoms with van der Waals surface area (Å²) < 4.78 is 0. The summed E-state index contributed by atoms with van der Waals surface area (Å²) in [5.74, 6) is 0. The second-order valence-electron chi connectivity index (χ2n) is 6.76. The van der Waals surface area contributed by atoms with Crippen LogP contribution >= 0.6 is 11.6 Å². The van der Waals surface area contributed by atoms with E-state index in [1.807, 2.05) is 59.6 Å². The molecule has 0 aliphatic carbocycles. The van der Waals surface area contributed by atoms with E-state index in [1.165, 1.54) is 5.69 Å². The summed E-state index contributed by atoms with van der Waals surface area (Å²) in [6.07, 6.45) is 2.67. The molecular formula is C21H17ClN4O. The minimum absolute atomic E-state index is 0.0817. The Morgan fingerprint density at radius 1 is 1.15 bits per heavy atom. The summed E-state index contributed by atoms with van der Waals surface area (Å²) in [6.45, 7) is 1.24. The first kappa shape index (κ1) is 16.1. The number of nitrogens with one attached hydrogen (secondary N) is 2. The van der Waals surface area contributed by atoms with Crippen LogP contribution in [0.1, 0.15) is 11.3 Å². The molecule has 3 heterocycles. The van der Waals surface area contributed by atoms with E-state index in [0.717, 1.165) is 39.5 Å². The topological polar surface area (TPSA) is 61.0 Å². The summed E-state index contributed by atoms with van der Waals surface area (Å²) in [4.78, 5) is 22.6. The van der Waals surface area contributed by atoms with Crippen LogP contribution < -0.4 is 5.32 Å². The molecule has 1 aliphatic rings. The molecule has 0 saturated carbocycles. The van der Waals surface area contributed by atoms with Gasteiger partial charge in [-0.05, 0) is 30.3 Å². The molecule has 5 nitrogen and oxygen atoms in total. The highest BCUT2D eigenvalue weighted by Crippen LogP contribution is 2.32. The molecule has 4 aromatic rings. The van der Waals surface area contributed by atoms with Crippen molar-refractivity contribution in [1.82, 2.24) is 14.9 Å². The van der Waals surface area contributed by atoms with Gasteiger partial charge in [0, 0.05) is 58.4 Å². The van der Waals surface area contributed by atoms with E-state index in [1.54, 1.807) is 0 Å². The average Bonchev–Trinajstić information content (AvgIpc) is 3.06. The molecule has 2 amide bonds. The summed E-state index contributed by atoms with van der Waals surface area (Å²) in [5.41, 5.74) is 5.05.